The number of nitrogens with zero attached hydrogens (tertiary/aromatic N) is 6. The number of anilines is 1. The molecule has 2 aliphatic rings. The van der Waals surface area contributed by atoms with E-state index in [1.807, 2.05) is 41.2 Å². The van der Waals surface area contributed by atoms with E-state index in [0.717, 1.165) is 61.1 Å². The first-order valence-electron chi connectivity index (χ1n) is 19.0. The minimum absolute atomic E-state index is 0. The molecule has 2 aliphatic heterocycles. The average Bonchev–Trinajstić information content (AvgIpc) is 3.82. The molecule has 308 valence electrons. The number of unbranched alkanes of at least 4 members (excludes halogenated alkanes) is 3. The molecule has 16 nitrogen and oxygen atoms in total. The van der Waals surface area contributed by atoms with Gasteiger partial charge in [0.2, 0.25) is 38.6 Å². The van der Waals surface area contributed by atoms with Crippen LogP contribution in [0.4, 0.5) is 5.82 Å². The van der Waals surface area contributed by atoms with Crippen molar-refractivity contribution in [3.8, 4) is 17.0 Å². The van der Waals surface area contributed by atoms with E-state index in [2.05, 4.69) is 45.6 Å². The normalized spacial score (nSPS) is 14.8. The molecule has 2 aromatic heterocycles. The second kappa shape index (κ2) is 22.1. The Morgan fingerprint density at radius 3 is 2.41 bits per heavy atom. The molecule has 59 heavy (non-hydrogen) atoms. The summed E-state index contributed by atoms with van der Waals surface area (Å²) in [5.74, 6) is -0.744. The van der Waals surface area contributed by atoms with Crippen molar-refractivity contribution in [3.05, 3.63) is 98.0 Å². The van der Waals surface area contributed by atoms with Gasteiger partial charge in [-0.25, -0.2) is 18.4 Å². The third-order valence-electron chi connectivity index (χ3n) is 9.32. The molecule has 0 saturated carbocycles. The molecule has 4 aromatic rings. The fraction of sp³-hybridized carbons (Fsp3) is 0.366. The summed E-state index contributed by atoms with van der Waals surface area (Å²) < 4.78 is 32.1. The van der Waals surface area contributed by atoms with Crippen molar-refractivity contribution in [2.45, 2.75) is 69.1 Å². The van der Waals surface area contributed by atoms with Crippen LogP contribution in [0.3, 0.4) is 0 Å². The molecule has 5 amide bonds. The van der Waals surface area contributed by atoms with Crippen LogP contribution in [0, 0.1) is 19.9 Å². The first kappa shape index (κ1) is 46.3. The van der Waals surface area contributed by atoms with Gasteiger partial charge in [0.15, 0.2) is 5.91 Å². The van der Waals surface area contributed by atoms with Crippen LogP contribution in [-0.4, -0.2) is 106 Å². The zero-order valence-electron chi connectivity index (χ0n) is 33.4. The van der Waals surface area contributed by atoms with Gasteiger partial charge in [-0.3, -0.25) is 29.2 Å². The molecule has 2 N–H and O–H groups in total. The van der Waals surface area contributed by atoms with E-state index in [0.29, 0.717) is 44.2 Å². The van der Waals surface area contributed by atoms with Gasteiger partial charge in [-0.1, -0.05) is 18.4 Å². The molecule has 18 heteroatoms. The SMILES string of the molecule is O=C1CCC(N2C(=O)c3[c-]cccc3C2=O)C(=O)N1.[CH2-]CN(C[CH2-])C(=O)CCCCCCOc1ccc(-c2cc(NCCCn3cccn3)nc(S(C)(=O)=O)n2)cc1.[Li+]. The van der Waals surface area contributed by atoms with Crippen molar-refractivity contribution in [1.82, 2.24) is 34.9 Å². The van der Waals surface area contributed by atoms with Crippen LogP contribution in [-0.2, 0) is 30.8 Å². The van der Waals surface area contributed by atoms with Gasteiger partial charge in [0.1, 0.15) is 17.6 Å². The molecule has 4 heterocycles. The first-order valence-corrected chi connectivity index (χ1v) is 20.9. The summed E-state index contributed by atoms with van der Waals surface area (Å²) >= 11 is 0. The number of benzene rings is 2. The van der Waals surface area contributed by atoms with Gasteiger partial charge in [-0.15, -0.1) is 37.4 Å². The Kier molecular flexibility index (Phi) is 17.4. The van der Waals surface area contributed by atoms with Gasteiger partial charge in [-0.05, 0) is 61.6 Å². The zero-order valence-corrected chi connectivity index (χ0v) is 34.2. The Morgan fingerprint density at radius 1 is 1.00 bits per heavy atom. The van der Waals surface area contributed by atoms with Crippen LogP contribution in [0.15, 0.2) is 72.1 Å². The summed E-state index contributed by atoms with van der Waals surface area (Å²) in [6.07, 6.45) is 10.0. The van der Waals surface area contributed by atoms with Gasteiger partial charge in [0, 0.05) is 56.2 Å². The Balaban J connectivity index is 0.000000319. The van der Waals surface area contributed by atoms with Crippen LogP contribution in [0.2, 0.25) is 0 Å². The zero-order chi connectivity index (χ0) is 41.7. The Bertz CT molecular complexity index is 2150. The number of carbonyl (C=O) groups is 5. The number of amides is 5. The van der Waals surface area contributed by atoms with Crippen LogP contribution >= 0.6 is 0 Å². The van der Waals surface area contributed by atoms with Crippen molar-refractivity contribution < 1.29 is 56.0 Å². The fourth-order valence-corrected chi connectivity index (χ4v) is 6.76. The number of ether oxygens (including phenoxy) is 1. The minimum atomic E-state index is -3.59. The third kappa shape index (κ3) is 12.8. The number of aromatic nitrogens is 4. The molecular weight excluding hydrogens is 772 g/mol. The van der Waals surface area contributed by atoms with Gasteiger partial charge < -0.3 is 38.5 Å². The summed E-state index contributed by atoms with van der Waals surface area (Å²) in [6.45, 7) is 10.3. The largest absolute Gasteiger partial charge is 1.00 e. The van der Waals surface area contributed by atoms with Crippen LogP contribution in [0.25, 0.3) is 11.3 Å². The standard InChI is InChI=1S/C28H38N6O4S.C13H9N2O4.Li/c1-4-33(5-2)27(35)12-8-6-7-9-21-38-24-15-13-23(14-16-24)25-22-26(32-28(31-25)39(3,36)37)29-17-10-19-34-20-11-18-30-34;16-10-6-5-9(11(17)14-10)15-12(18)7-3-1-2-4-8(7)13(15)19;/h11,13-16,18,20,22H,1-2,4-10,12,17,19,21H2,3H3,(H,29,31,32);1-3,9H,5-6H2,(H,14,16,17);/q-2;-1;+1. The third-order valence-corrected chi connectivity index (χ3v) is 10.2. The average molecular weight is 819 g/mol. The fourth-order valence-electron chi connectivity index (χ4n) is 6.23. The summed E-state index contributed by atoms with van der Waals surface area (Å²) in [5, 5.41) is 9.30. The summed E-state index contributed by atoms with van der Waals surface area (Å²) in [4.78, 5) is 70.2. The summed E-state index contributed by atoms with van der Waals surface area (Å²) in [6, 6.07) is 17.5. The number of piperidine rings is 1. The smallest absolute Gasteiger partial charge is 0.494 e. The van der Waals surface area contributed by atoms with Crippen molar-refractivity contribution in [2.24, 2.45) is 0 Å². The molecule has 6 rings (SSSR count). The number of aryl methyl sites for hydroxylation is 1. The van der Waals surface area contributed by atoms with Crippen LogP contribution in [0.5, 0.6) is 5.75 Å². The van der Waals surface area contributed by atoms with Gasteiger partial charge >= 0.3 is 18.9 Å². The van der Waals surface area contributed by atoms with E-state index in [1.165, 1.54) is 12.1 Å². The second-order valence-corrected chi connectivity index (χ2v) is 15.5. The molecule has 2 aromatic carbocycles. The molecule has 0 radical (unpaired) electrons. The predicted octanol–water partition coefficient (Wildman–Crippen LogP) is 0.964. The van der Waals surface area contributed by atoms with Crippen molar-refractivity contribution in [3.63, 3.8) is 0 Å². The summed E-state index contributed by atoms with van der Waals surface area (Å²) in [5.41, 5.74) is 1.70. The molecule has 1 unspecified atom stereocenters. The predicted molar refractivity (Wildman–Crippen MR) is 214 cm³/mol. The van der Waals surface area contributed by atoms with E-state index in [-0.39, 0.29) is 59.8 Å². The van der Waals surface area contributed by atoms with Crippen molar-refractivity contribution >= 4 is 45.2 Å². The van der Waals surface area contributed by atoms with Crippen molar-refractivity contribution in [1.29, 1.82) is 0 Å². The Labute approximate surface area is 356 Å². The number of carbonyl (C=O) groups excluding carboxylic acids is 5. The van der Waals surface area contributed by atoms with Crippen molar-refractivity contribution in [2.75, 3.05) is 37.8 Å². The number of hydrogen-bond acceptors (Lipinski definition) is 12. The molecule has 1 atom stereocenters. The number of sulfone groups is 1. The first-order chi connectivity index (χ1) is 27.9. The number of hydrogen-bond donors (Lipinski definition) is 2. The molecular formula is C41H47LiN8O8S-2. The number of imide groups is 2. The molecule has 1 saturated heterocycles. The maximum atomic E-state index is 12.2. The number of fused-ring (bicyclic) bond motifs is 1. The minimum Gasteiger partial charge on any atom is -0.494 e. The number of rotatable bonds is 18. The molecule has 1 fully saturated rings. The van der Waals surface area contributed by atoms with E-state index in [1.54, 1.807) is 23.2 Å². The Hall–Kier alpha value is -5.37. The van der Waals surface area contributed by atoms with E-state index in [9.17, 15) is 32.4 Å². The quantitative estimate of drug-likeness (QED) is 0.0475. The van der Waals surface area contributed by atoms with Gasteiger partial charge in [0.05, 0.1) is 12.3 Å². The Morgan fingerprint density at radius 2 is 1.75 bits per heavy atom. The maximum Gasteiger partial charge on any atom is 1.00 e. The molecule has 0 spiro atoms. The number of nitrogens with one attached hydrogen (secondary N) is 2. The topological polar surface area (TPSA) is 203 Å². The van der Waals surface area contributed by atoms with E-state index < -0.39 is 33.6 Å². The molecule has 0 bridgehead atoms. The van der Waals surface area contributed by atoms with Crippen LogP contribution < -0.4 is 34.2 Å². The maximum absolute atomic E-state index is 12.2. The van der Waals surface area contributed by atoms with Gasteiger partial charge in [0.25, 0.3) is 0 Å². The van der Waals surface area contributed by atoms with E-state index >= 15 is 0 Å². The second-order valence-electron chi connectivity index (χ2n) is 13.6. The van der Waals surface area contributed by atoms with Crippen LogP contribution in [0.1, 0.15) is 72.1 Å². The monoisotopic (exact) mass is 818 g/mol. The van der Waals surface area contributed by atoms with E-state index in [4.69, 9.17) is 4.74 Å². The molecule has 0 aliphatic carbocycles. The summed E-state index contributed by atoms with van der Waals surface area (Å²) in [7, 11) is -3.59. The van der Waals surface area contributed by atoms with Gasteiger partial charge in [-0.2, -0.15) is 5.10 Å².